The van der Waals surface area contributed by atoms with Gasteiger partial charge >= 0.3 is 0 Å². The first-order valence-corrected chi connectivity index (χ1v) is 4.63. The van der Waals surface area contributed by atoms with Crippen LogP contribution in [0.2, 0.25) is 0 Å². The maximum atomic E-state index is 3.38. The van der Waals surface area contributed by atoms with E-state index in [0.29, 0.717) is 0 Å². The molecule has 0 saturated carbocycles. The molecule has 1 aromatic carbocycles. The fourth-order valence-electron chi connectivity index (χ4n) is 1.43. The minimum atomic E-state index is 1.06. The molecule has 0 amide bonds. The molecule has 13 heavy (non-hydrogen) atoms. The number of H-pyrrole nitrogens is 1. The standard InChI is InChI=1S/C12H13N/c1-2-11-8-9-12(13-11)10-6-4-3-5-7-10/h3-9,13H,2H2,1H3. The van der Waals surface area contributed by atoms with Crippen LogP contribution in [0.1, 0.15) is 12.6 Å². The predicted octanol–water partition coefficient (Wildman–Crippen LogP) is 3.24. The van der Waals surface area contributed by atoms with Crippen molar-refractivity contribution in [3.63, 3.8) is 0 Å². The summed E-state index contributed by atoms with van der Waals surface area (Å²) in [5.74, 6) is 0. The summed E-state index contributed by atoms with van der Waals surface area (Å²) in [7, 11) is 0. The minimum absolute atomic E-state index is 1.06. The number of rotatable bonds is 2. The summed E-state index contributed by atoms with van der Waals surface area (Å²) in [5, 5.41) is 0. The van der Waals surface area contributed by atoms with Crippen molar-refractivity contribution in [1.82, 2.24) is 4.98 Å². The highest BCUT2D eigenvalue weighted by molar-refractivity contribution is 5.59. The number of nitrogens with one attached hydrogen (secondary N) is 1. The number of hydrogen-bond acceptors (Lipinski definition) is 0. The second-order valence-corrected chi connectivity index (χ2v) is 3.12. The lowest BCUT2D eigenvalue weighted by Gasteiger charge is -1.96. The number of aromatic amines is 1. The van der Waals surface area contributed by atoms with Crippen LogP contribution in [0.3, 0.4) is 0 Å². The van der Waals surface area contributed by atoms with Crippen molar-refractivity contribution < 1.29 is 0 Å². The van der Waals surface area contributed by atoms with Gasteiger partial charge in [0.25, 0.3) is 0 Å². The van der Waals surface area contributed by atoms with Crippen molar-refractivity contribution in [2.75, 3.05) is 0 Å². The molecule has 66 valence electrons. The van der Waals surface area contributed by atoms with Crippen LogP contribution in [-0.2, 0) is 6.42 Å². The van der Waals surface area contributed by atoms with E-state index < -0.39 is 0 Å². The molecule has 0 bridgehead atoms. The van der Waals surface area contributed by atoms with E-state index in [4.69, 9.17) is 0 Å². The van der Waals surface area contributed by atoms with Gasteiger partial charge in [0.1, 0.15) is 0 Å². The molecule has 1 heteroatoms. The van der Waals surface area contributed by atoms with Crippen LogP contribution >= 0.6 is 0 Å². The Morgan fingerprint density at radius 3 is 2.38 bits per heavy atom. The average Bonchev–Trinajstić information content (AvgIpc) is 2.67. The van der Waals surface area contributed by atoms with E-state index in [9.17, 15) is 0 Å². The van der Waals surface area contributed by atoms with Crippen LogP contribution in [0.4, 0.5) is 0 Å². The van der Waals surface area contributed by atoms with Gasteiger partial charge in [0.2, 0.25) is 0 Å². The smallest absolute Gasteiger partial charge is 0.0456 e. The Labute approximate surface area is 78.4 Å². The van der Waals surface area contributed by atoms with Gasteiger partial charge in [-0.3, -0.25) is 0 Å². The number of aryl methyl sites for hydroxylation is 1. The highest BCUT2D eigenvalue weighted by Crippen LogP contribution is 2.17. The van der Waals surface area contributed by atoms with Crippen molar-refractivity contribution in [3.8, 4) is 11.3 Å². The lowest BCUT2D eigenvalue weighted by atomic mass is 10.2. The molecule has 1 heterocycles. The molecule has 0 radical (unpaired) electrons. The predicted molar refractivity (Wildman–Crippen MR) is 55.6 cm³/mol. The zero-order valence-electron chi connectivity index (χ0n) is 7.75. The average molecular weight is 171 g/mol. The maximum absolute atomic E-state index is 3.38. The number of benzene rings is 1. The van der Waals surface area contributed by atoms with Crippen molar-refractivity contribution in [1.29, 1.82) is 0 Å². The monoisotopic (exact) mass is 171 g/mol. The summed E-state index contributed by atoms with van der Waals surface area (Å²) in [6, 6.07) is 14.7. The number of hydrogen-bond donors (Lipinski definition) is 1. The van der Waals surface area contributed by atoms with Crippen LogP contribution < -0.4 is 0 Å². The molecular formula is C12H13N. The Hall–Kier alpha value is -1.50. The molecule has 0 aliphatic rings. The maximum Gasteiger partial charge on any atom is 0.0456 e. The zero-order chi connectivity index (χ0) is 9.10. The van der Waals surface area contributed by atoms with Gasteiger partial charge < -0.3 is 4.98 Å². The van der Waals surface area contributed by atoms with E-state index in [2.05, 4.69) is 48.3 Å². The molecule has 0 spiro atoms. The molecule has 1 nitrogen and oxygen atoms in total. The molecular weight excluding hydrogens is 158 g/mol. The van der Waals surface area contributed by atoms with Gasteiger partial charge in [-0.2, -0.15) is 0 Å². The highest BCUT2D eigenvalue weighted by Gasteiger charge is 1.98. The van der Waals surface area contributed by atoms with E-state index in [1.807, 2.05) is 6.07 Å². The summed E-state index contributed by atoms with van der Waals surface area (Å²) in [4.78, 5) is 3.38. The SMILES string of the molecule is CCc1ccc(-c2ccccc2)[nH]1. The topological polar surface area (TPSA) is 15.8 Å². The third-order valence-corrected chi connectivity index (χ3v) is 2.21. The van der Waals surface area contributed by atoms with E-state index in [1.165, 1.54) is 17.0 Å². The molecule has 0 fully saturated rings. The minimum Gasteiger partial charge on any atom is -0.358 e. The van der Waals surface area contributed by atoms with Crippen LogP contribution in [0, 0.1) is 0 Å². The summed E-state index contributed by atoms with van der Waals surface area (Å²) >= 11 is 0. The van der Waals surface area contributed by atoms with Gasteiger partial charge in [0.05, 0.1) is 0 Å². The summed E-state index contributed by atoms with van der Waals surface area (Å²) in [6.45, 7) is 2.15. The van der Waals surface area contributed by atoms with E-state index in [1.54, 1.807) is 0 Å². The molecule has 2 rings (SSSR count). The van der Waals surface area contributed by atoms with Crippen LogP contribution in [0.5, 0.6) is 0 Å². The summed E-state index contributed by atoms with van der Waals surface area (Å²) in [6.07, 6.45) is 1.06. The summed E-state index contributed by atoms with van der Waals surface area (Å²) < 4.78 is 0. The molecule has 0 unspecified atom stereocenters. The number of aromatic nitrogens is 1. The lowest BCUT2D eigenvalue weighted by molar-refractivity contribution is 1.07. The lowest BCUT2D eigenvalue weighted by Crippen LogP contribution is -1.79. The Morgan fingerprint density at radius 2 is 1.77 bits per heavy atom. The Kier molecular flexibility index (Phi) is 2.17. The third-order valence-electron chi connectivity index (χ3n) is 2.21. The molecule has 0 saturated heterocycles. The molecule has 1 N–H and O–H groups in total. The van der Waals surface area contributed by atoms with Gasteiger partial charge in [-0.1, -0.05) is 37.3 Å². The molecule has 2 aromatic rings. The molecule has 1 aromatic heterocycles. The van der Waals surface area contributed by atoms with Crippen LogP contribution in [-0.4, -0.2) is 4.98 Å². The Balaban J connectivity index is 2.36. The normalized spacial score (nSPS) is 10.2. The quantitative estimate of drug-likeness (QED) is 0.714. The van der Waals surface area contributed by atoms with Crippen molar-refractivity contribution in [2.45, 2.75) is 13.3 Å². The first-order valence-electron chi connectivity index (χ1n) is 4.63. The third kappa shape index (κ3) is 1.64. The van der Waals surface area contributed by atoms with Gasteiger partial charge in [0.15, 0.2) is 0 Å². The van der Waals surface area contributed by atoms with E-state index in [-0.39, 0.29) is 0 Å². The van der Waals surface area contributed by atoms with Crippen LogP contribution in [0.15, 0.2) is 42.5 Å². The first kappa shape index (κ1) is 8.11. The molecule has 0 aliphatic carbocycles. The van der Waals surface area contributed by atoms with E-state index >= 15 is 0 Å². The van der Waals surface area contributed by atoms with Gasteiger partial charge in [0, 0.05) is 11.4 Å². The van der Waals surface area contributed by atoms with Gasteiger partial charge in [-0.15, -0.1) is 0 Å². The van der Waals surface area contributed by atoms with Crippen LogP contribution in [0.25, 0.3) is 11.3 Å². The fourth-order valence-corrected chi connectivity index (χ4v) is 1.43. The molecule has 0 atom stereocenters. The zero-order valence-corrected chi connectivity index (χ0v) is 7.75. The van der Waals surface area contributed by atoms with Gasteiger partial charge in [-0.05, 0) is 24.1 Å². The fraction of sp³-hybridized carbons (Fsp3) is 0.167. The van der Waals surface area contributed by atoms with Gasteiger partial charge in [-0.25, -0.2) is 0 Å². The summed E-state index contributed by atoms with van der Waals surface area (Å²) in [5.41, 5.74) is 3.75. The highest BCUT2D eigenvalue weighted by atomic mass is 14.7. The largest absolute Gasteiger partial charge is 0.358 e. The Morgan fingerprint density at radius 1 is 1.00 bits per heavy atom. The van der Waals surface area contributed by atoms with E-state index in [0.717, 1.165) is 6.42 Å². The molecule has 0 aliphatic heterocycles. The van der Waals surface area contributed by atoms with Crippen molar-refractivity contribution >= 4 is 0 Å². The first-order chi connectivity index (χ1) is 6.40. The van der Waals surface area contributed by atoms with Crippen molar-refractivity contribution in [3.05, 3.63) is 48.2 Å². The van der Waals surface area contributed by atoms with Crippen molar-refractivity contribution in [2.24, 2.45) is 0 Å². The Bertz CT molecular complexity index is 373. The second-order valence-electron chi connectivity index (χ2n) is 3.12. The second kappa shape index (κ2) is 3.48.